The molecule has 0 atom stereocenters. The molecule has 2 aromatic rings. The largest absolute Gasteiger partial charge is 0.339 e. The third kappa shape index (κ3) is 4.13. The number of carbonyl (C=O) groups excluding carboxylic acids is 1. The number of thiazole rings is 1. The average molecular weight is 278 g/mol. The predicted molar refractivity (Wildman–Crippen MR) is 73.3 cm³/mol. The first kappa shape index (κ1) is 13.7. The van der Waals surface area contributed by atoms with E-state index in [0.717, 1.165) is 10.6 Å². The minimum absolute atomic E-state index is 0.0412. The molecular formula is C14H15FN2OS. The van der Waals surface area contributed by atoms with E-state index in [1.54, 1.807) is 24.2 Å². The second kappa shape index (κ2) is 6.43. The van der Waals surface area contributed by atoms with Crippen LogP contribution in [0, 0.1) is 5.82 Å². The second-order valence-electron chi connectivity index (χ2n) is 4.31. The van der Waals surface area contributed by atoms with E-state index < -0.39 is 0 Å². The first-order chi connectivity index (χ1) is 9.15. The summed E-state index contributed by atoms with van der Waals surface area (Å²) in [5.41, 5.74) is 0.844. The number of amides is 1. The number of aryl methyl sites for hydroxylation is 1. The molecule has 0 bridgehead atoms. The van der Waals surface area contributed by atoms with Crippen molar-refractivity contribution in [1.82, 2.24) is 9.88 Å². The van der Waals surface area contributed by atoms with Crippen molar-refractivity contribution in [3.05, 3.63) is 52.2 Å². The first-order valence-corrected chi connectivity index (χ1v) is 6.90. The van der Waals surface area contributed by atoms with Crippen molar-refractivity contribution in [3.8, 4) is 0 Å². The normalized spacial score (nSPS) is 10.4. The molecule has 2 rings (SSSR count). The van der Waals surface area contributed by atoms with Crippen molar-refractivity contribution in [1.29, 1.82) is 0 Å². The molecular weight excluding hydrogens is 263 g/mol. The Hall–Kier alpha value is -1.75. The fourth-order valence-corrected chi connectivity index (χ4v) is 2.43. The third-order valence-corrected chi connectivity index (χ3v) is 3.56. The van der Waals surface area contributed by atoms with Gasteiger partial charge in [-0.05, 0) is 24.1 Å². The molecule has 0 aliphatic carbocycles. The van der Waals surface area contributed by atoms with Crippen LogP contribution in [-0.2, 0) is 17.8 Å². The number of carbonyl (C=O) groups is 1. The molecule has 0 fully saturated rings. The van der Waals surface area contributed by atoms with Crippen LogP contribution >= 0.6 is 11.3 Å². The van der Waals surface area contributed by atoms with Gasteiger partial charge in [-0.15, -0.1) is 11.3 Å². The Morgan fingerprint density at radius 1 is 1.47 bits per heavy atom. The molecule has 0 radical (unpaired) electrons. The summed E-state index contributed by atoms with van der Waals surface area (Å²) in [7, 11) is 1.76. The minimum Gasteiger partial charge on any atom is -0.339 e. The molecule has 3 nitrogen and oxygen atoms in total. The quantitative estimate of drug-likeness (QED) is 0.842. The van der Waals surface area contributed by atoms with Gasteiger partial charge in [0.15, 0.2) is 0 Å². The Labute approximate surface area is 115 Å². The molecule has 0 N–H and O–H groups in total. The van der Waals surface area contributed by atoms with Gasteiger partial charge in [0.05, 0.1) is 6.54 Å². The fraction of sp³-hybridized carbons (Fsp3) is 0.286. The van der Waals surface area contributed by atoms with E-state index in [2.05, 4.69) is 4.98 Å². The lowest BCUT2D eigenvalue weighted by Crippen LogP contribution is -2.26. The Balaban J connectivity index is 1.84. The van der Waals surface area contributed by atoms with Crippen molar-refractivity contribution in [2.45, 2.75) is 19.4 Å². The lowest BCUT2D eigenvalue weighted by molar-refractivity contribution is -0.130. The zero-order valence-electron chi connectivity index (χ0n) is 10.7. The van der Waals surface area contributed by atoms with Crippen LogP contribution in [0.1, 0.15) is 17.0 Å². The maximum atomic E-state index is 13.0. The molecule has 5 heteroatoms. The van der Waals surface area contributed by atoms with Crippen LogP contribution in [0.3, 0.4) is 0 Å². The van der Waals surface area contributed by atoms with Crippen molar-refractivity contribution in [3.63, 3.8) is 0 Å². The maximum Gasteiger partial charge on any atom is 0.223 e. The zero-order valence-corrected chi connectivity index (χ0v) is 11.5. The molecule has 1 heterocycles. The summed E-state index contributed by atoms with van der Waals surface area (Å²) < 4.78 is 13.0. The molecule has 0 spiro atoms. The van der Waals surface area contributed by atoms with Gasteiger partial charge in [-0.25, -0.2) is 9.37 Å². The minimum atomic E-state index is -0.263. The number of halogens is 1. The highest BCUT2D eigenvalue weighted by atomic mass is 32.1. The predicted octanol–water partition coefficient (Wildman–Crippen LogP) is 2.87. The summed E-state index contributed by atoms with van der Waals surface area (Å²) in [5.74, 6) is -0.222. The number of hydrogen-bond donors (Lipinski definition) is 0. The third-order valence-electron chi connectivity index (χ3n) is 2.80. The maximum absolute atomic E-state index is 13.0. The molecule has 0 aliphatic heterocycles. The van der Waals surface area contributed by atoms with Crippen molar-refractivity contribution in [2.24, 2.45) is 0 Å². The Kier molecular flexibility index (Phi) is 4.63. The Bertz CT molecular complexity index is 542. The summed E-state index contributed by atoms with van der Waals surface area (Å²) in [4.78, 5) is 17.7. The molecule has 100 valence electrons. The zero-order chi connectivity index (χ0) is 13.7. The van der Waals surface area contributed by atoms with Crippen LogP contribution in [0.4, 0.5) is 4.39 Å². The van der Waals surface area contributed by atoms with Crippen LogP contribution < -0.4 is 0 Å². The lowest BCUT2D eigenvalue weighted by Gasteiger charge is -2.15. The average Bonchev–Trinajstić information content (AvgIpc) is 2.89. The number of nitrogens with zero attached hydrogens (tertiary/aromatic N) is 2. The number of benzene rings is 1. The van der Waals surface area contributed by atoms with Gasteiger partial charge in [0, 0.05) is 25.0 Å². The van der Waals surface area contributed by atoms with Crippen molar-refractivity contribution < 1.29 is 9.18 Å². The summed E-state index contributed by atoms with van der Waals surface area (Å²) >= 11 is 1.53. The van der Waals surface area contributed by atoms with Crippen LogP contribution in [-0.4, -0.2) is 22.8 Å². The number of hydrogen-bond acceptors (Lipinski definition) is 3. The summed E-state index contributed by atoms with van der Waals surface area (Å²) in [6, 6.07) is 6.36. The summed E-state index contributed by atoms with van der Waals surface area (Å²) in [6.07, 6.45) is 2.66. The molecule has 1 amide bonds. The van der Waals surface area contributed by atoms with Crippen LogP contribution in [0.5, 0.6) is 0 Å². The van der Waals surface area contributed by atoms with Gasteiger partial charge < -0.3 is 4.90 Å². The van der Waals surface area contributed by atoms with E-state index in [-0.39, 0.29) is 11.7 Å². The fourth-order valence-electron chi connectivity index (χ4n) is 1.76. The van der Waals surface area contributed by atoms with Crippen LogP contribution in [0.25, 0.3) is 0 Å². The molecule has 1 aromatic heterocycles. The summed E-state index contributed by atoms with van der Waals surface area (Å²) in [6.45, 7) is 0.527. The van der Waals surface area contributed by atoms with Gasteiger partial charge in [-0.3, -0.25) is 4.79 Å². The highest BCUT2D eigenvalue weighted by molar-refractivity contribution is 7.09. The van der Waals surface area contributed by atoms with Gasteiger partial charge >= 0.3 is 0 Å². The monoisotopic (exact) mass is 278 g/mol. The molecule has 0 saturated carbocycles. The SMILES string of the molecule is CN(Cc1nccs1)C(=O)CCc1cccc(F)c1. The standard InChI is InChI=1S/C14H15FN2OS/c1-17(10-13-16-7-8-19-13)14(18)6-5-11-3-2-4-12(15)9-11/h2-4,7-9H,5-6,10H2,1H3. The van der Waals surface area contributed by atoms with Gasteiger partial charge in [0.2, 0.25) is 5.91 Å². The molecule has 0 aliphatic rings. The summed E-state index contributed by atoms with van der Waals surface area (Å²) in [5, 5.41) is 2.81. The topological polar surface area (TPSA) is 33.2 Å². The van der Waals surface area contributed by atoms with E-state index in [9.17, 15) is 9.18 Å². The van der Waals surface area contributed by atoms with Gasteiger partial charge in [0.1, 0.15) is 10.8 Å². The van der Waals surface area contributed by atoms with Gasteiger partial charge in [-0.2, -0.15) is 0 Å². The van der Waals surface area contributed by atoms with Gasteiger partial charge in [-0.1, -0.05) is 12.1 Å². The highest BCUT2D eigenvalue weighted by Crippen LogP contribution is 2.10. The number of rotatable bonds is 5. The van der Waals surface area contributed by atoms with Crippen molar-refractivity contribution in [2.75, 3.05) is 7.05 Å². The first-order valence-electron chi connectivity index (χ1n) is 6.02. The van der Waals surface area contributed by atoms with Crippen molar-refractivity contribution >= 4 is 17.2 Å². The van der Waals surface area contributed by atoms with E-state index in [1.807, 2.05) is 11.4 Å². The highest BCUT2D eigenvalue weighted by Gasteiger charge is 2.10. The van der Waals surface area contributed by atoms with Gasteiger partial charge in [0.25, 0.3) is 0 Å². The molecule has 19 heavy (non-hydrogen) atoms. The molecule has 0 saturated heterocycles. The van der Waals surface area contributed by atoms with Crippen LogP contribution in [0.15, 0.2) is 35.8 Å². The molecule has 0 unspecified atom stereocenters. The van der Waals surface area contributed by atoms with Crippen LogP contribution in [0.2, 0.25) is 0 Å². The number of aromatic nitrogens is 1. The van der Waals surface area contributed by atoms with E-state index in [4.69, 9.17) is 0 Å². The lowest BCUT2D eigenvalue weighted by atomic mass is 10.1. The smallest absolute Gasteiger partial charge is 0.223 e. The Morgan fingerprint density at radius 3 is 3.00 bits per heavy atom. The second-order valence-corrected chi connectivity index (χ2v) is 5.28. The van der Waals surface area contributed by atoms with E-state index in [0.29, 0.717) is 19.4 Å². The Morgan fingerprint density at radius 2 is 2.32 bits per heavy atom. The van der Waals surface area contributed by atoms with E-state index >= 15 is 0 Å². The molecule has 1 aromatic carbocycles. The van der Waals surface area contributed by atoms with E-state index in [1.165, 1.54) is 23.5 Å².